The van der Waals surface area contributed by atoms with Gasteiger partial charge in [0.1, 0.15) is 0 Å². The van der Waals surface area contributed by atoms with Crippen molar-refractivity contribution in [2.24, 2.45) is 11.3 Å². The molecule has 0 aliphatic carbocycles. The van der Waals surface area contributed by atoms with Gasteiger partial charge in [-0.25, -0.2) is 0 Å². The number of hydrazine groups is 1. The van der Waals surface area contributed by atoms with Gasteiger partial charge in [0, 0.05) is 31.5 Å². The van der Waals surface area contributed by atoms with Crippen molar-refractivity contribution in [2.75, 3.05) is 25.7 Å². The number of nitrogens with two attached hydrogens (primary N) is 1. The van der Waals surface area contributed by atoms with Gasteiger partial charge in [0.15, 0.2) is 0 Å². The summed E-state index contributed by atoms with van der Waals surface area (Å²) < 4.78 is 5.06. The lowest BCUT2D eigenvalue weighted by Gasteiger charge is -2.24. The number of benzene rings is 1. The second-order valence-electron chi connectivity index (χ2n) is 5.31. The van der Waals surface area contributed by atoms with Crippen molar-refractivity contribution < 1.29 is 9.53 Å². The van der Waals surface area contributed by atoms with Crippen LogP contribution < -0.4 is 16.6 Å². The van der Waals surface area contributed by atoms with Gasteiger partial charge < -0.3 is 15.5 Å². The first kappa shape index (κ1) is 15.5. The lowest BCUT2D eigenvalue weighted by Crippen LogP contribution is -2.34. The quantitative estimate of drug-likeness (QED) is 0.518. The van der Waals surface area contributed by atoms with Gasteiger partial charge in [0.2, 0.25) is 0 Å². The highest BCUT2D eigenvalue weighted by atomic mass is 16.5. The van der Waals surface area contributed by atoms with Gasteiger partial charge in [0.25, 0.3) is 5.91 Å². The molecule has 1 aromatic rings. The van der Waals surface area contributed by atoms with E-state index in [1.807, 2.05) is 0 Å². The summed E-state index contributed by atoms with van der Waals surface area (Å²) in [5.41, 5.74) is 3.95. The largest absolute Gasteiger partial charge is 0.385 e. The predicted octanol–water partition coefficient (Wildman–Crippen LogP) is 1.76. The smallest absolute Gasteiger partial charge is 0.251 e. The molecule has 0 bridgehead atoms. The molecule has 0 fully saturated rings. The minimum absolute atomic E-state index is 0.0183. The fourth-order valence-corrected chi connectivity index (χ4v) is 1.61. The molecule has 0 unspecified atom stereocenters. The van der Waals surface area contributed by atoms with Gasteiger partial charge in [0.05, 0.1) is 0 Å². The van der Waals surface area contributed by atoms with Crippen molar-refractivity contribution in [3.63, 3.8) is 0 Å². The van der Waals surface area contributed by atoms with E-state index < -0.39 is 0 Å². The highest BCUT2D eigenvalue weighted by Crippen LogP contribution is 2.19. The zero-order valence-electron chi connectivity index (χ0n) is 11.8. The van der Waals surface area contributed by atoms with Crippen molar-refractivity contribution in [2.45, 2.75) is 20.3 Å². The van der Waals surface area contributed by atoms with Gasteiger partial charge >= 0.3 is 0 Å². The summed E-state index contributed by atoms with van der Waals surface area (Å²) in [6.07, 6.45) is 0.903. The van der Waals surface area contributed by atoms with Crippen LogP contribution in [-0.4, -0.2) is 26.2 Å². The molecule has 0 saturated carbocycles. The fourth-order valence-electron chi connectivity index (χ4n) is 1.61. The number of rotatable bonds is 7. The van der Waals surface area contributed by atoms with Crippen LogP contribution in [0.2, 0.25) is 0 Å². The minimum atomic E-state index is -0.0749. The number of amides is 1. The molecule has 5 nitrogen and oxygen atoms in total. The third-order valence-corrected chi connectivity index (χ3v) is 3.02. The molecule has 0 aliphatic heterocycles. The summed E-state index contributed by atoms with van der Waals surface area (Å²) in [7, 11) is 1.68. The Morgan fingerprint density at radius 1 is 1.32 bits per heavy atom. The summed E-state index contributed by atoms with van der Waals surface area (Å²) in [5.74, 6) is 5.20. The molecule has 19 heavy (non-hydrogen) atoms. The lowest BCUT2D eigenvalue weighted by atomic mass is 9.89. The molecule has 106 valence electrons. The molecule has 0 saturated heterocycles. The molecule has 0 aliphatic rings. The summed E-state index contributed by atoms with van der Waals surface area (Å²) in [4.78, 5) is 12.0. The first-order valence-electron chi connectivity index (χ1n) is 6.32. The maximum Gasteiger partial charge on any atom is 0.251 e. The Labute approximate surface area is 114 Å². The molecule has 1 aromatic carbocycles. The maximum atomic E-state index is 12.0. The van der Waals surface area contributed by atoms with E-state index in [1.165, 1.54) is 0 Å². The number of methoxy groups -OCH3 is 1. The van der Waals surface area contributed by atoms with E-state index in [2.05, 4.69) is 24.6 Å². The molecule has 4 N–H and O–H groups in total. The van der Waals surface area contributed by atoms with Crippen LogP contribution in [0.1, 0.15) is 30.6 Å². The number of hydrogen-bond donors (Lipinski definition) is 3. The van der Waals surface area contributed by atoms with Crippen LogP contribution in [-0.2, 0) is 4.74 Å². The molecule has 0 atom stereocenters. The predicted molar refractivity (Wildman–Crippen MR) is 76.9 cm³/mol. The minimum Gasteiger partial charge on any atom is -0.385 e. The van der Waals surface area contributed by atoms with Gasteiger partial charge in [-0.05, 0) is 36.1 Å². The van der Waals surface area contributed by atoms with Gasteiger partial charge in [-0.3, -0.25) is 10.6 Å². The summed E-state index contributed by atoms with van der Waals surface area (Å²) >= 11 is 0. The van der Waals surface area contributed by atoms with Crippen LogP contribution in [0.25, 0.3) is 0 Å². The van der Waals surface area contributed by atoms with E-state index in [0.717, 1.165) is 12.1 Å². The van der Waals surface area contributed by atoms with Crippen LogP contribution in [0.15, 0.2) is 24.3 Å². The van der Waals surface area contributed by atoms with E-state index in [4.69, 9.17) is 10.6 Å². The molecule has 0 aromatic heterocycles. The first-order chi connectivity index (χ1) is 8.98. The Kier molecular flexibility index (Phi) is 5.79. The Morgan fingerprint density at radius 2 is 1.95 bits per heavy atom. The second-order valence-corrected chi connectivity index (χ2v) is 5.31. The molecular weight excluding hydrogens is 242 g/mol. The average molecular weight is 265 g/mol. The van der Waals surface area contributed by atoms with Crippen molar-refractivity contribution in [3.8, 4) is 0 Å². The van der Waals surface area contributed by atoms with Crippen molar-refractivity contribution in [1.82, 2.24) is 5.32 Å². The average Bonchev–Trinajstić information content (AvgIpc) is 2.43. The zero-order valence-corrected chi connectivity index (χ0v) is 11.8. The van der Waals surface area contributed by atoms with Crippen LogP contribution in [0.5, 0.6) is 0 Å². The molecule has 0 spiro atoms. The Morgan fingerprint density at radius 3 is 2.47 bits per heavy atom. The molecule has 1 rings (SSSR count). The number of nitrogens with one attached hydrogen (secondary N) is 2. The van der Waals surface area contributed by atoms with Crippen LogP contribution in [0.4, 0.5) is 5.69 Å². The maximum absolute atomic E-state index is 12.0. The van der Waals surface area contributed by atoms with E-state index >= 15 is 0 Å². The third-order valence-electron chi connectivity index (χ3n) is 3.02. The van der Waals surface area contributed by atoms with E-state index in [0.29, 0.717) is 18.7 Å². The normalized spacial score (nSPS) is 11.2. The number of anilines is 1. The van der Waals surface area contributed by atoms with Gasteiger partial charge in [-0.15, -0.1) is 0 Å². The van der Waals surface area contributed by atoms with E-state index in [9.17, 15) is 4.79 Å². The lowest BCUT2D eigenvalue weighted by molar-refractivity contribution is 0.0921. The third kappa shape index (κ3) is 5.28. The number of carbonyl (C=O) groups is 1. The topological polar surface area (TPSA) is 76.4 Å². The van der Waals surface area contributed by atoms with Crippen LogP contribution in [0, 0.1) is 5.41 Å². The van der Waals surface area contributed by atoms with Crippen LogP contribution in [0.3, 0.4) is 0 Å². The summed E-state index contributed by atoms with van der Waals surface area (Å²) in [6.45, 7) is 5.52. The fraction of sp³-hybridized carbons (Fsp3) is 0.500. The highest BCUT2D eigenvalue weighted by molar-refractivity contribution is 5.94. The SMILES string of the molecule is COCCC(C)(C)CNC(=O)c1ccc(NN)cc1. The number of nitrogen functional groups attached to an aromatic ring is 1. The molecule has 5 heteroatoms. The Bertz CT molecular complexity index is 402. The monoisotopic (exact) mass is 265 g/mol. The number of hydrogen-bond acceptors (Lipinski definition) is 4. The van der Waals surface area contributed by atoms with Crippen molar-refractivity contribution in [1.29, 1.82) is 0 Å². The van der Waals surface area contributed by atoms with Crippen molar-refractivity contribution >= 4 is 11.6 Å². The standard InChI is InChI=1S/C14H23N3O2/c1-14(2,8-9-19-3)10-16-13(18)11-4-6-12(17-15)7-5-11/h4-7,17H,8-10,15H2,1-3H3,(H,16,18). The highest BCUT2D eigenvalue weighted by Gasteiger charge is 2.18. The zero-order chi connectivity index (χ0) is 14.3. The number of carbonyl (C=O) groups excluding carboxylic acids is 1. The molecule has 0 heterocycles. The van der Waals surface area contributed by atoms with Gasteiger partial charge in [-0.2, -0.15) is 0 Å². The second kappa shape index (κ2) is 7.11. The molecule has 1 amide bonds. The molecule has 0 radical (unpaired) electrons. The van der Waals surface area contributed by atoms with Crippen LogP contribution >= 0.6 is 0 Å². The summed E-state index contributed by atoms with van der Waals surface area (Å²) in [5, 5.41) is 2.94. The van der Waals surface area contributed by atoms with E-state index in [1.54, 1.807) is 31.4 Å². The summed E-state index contributed by atoms with van der Waals surface area (Å²) in [6, 6.07) is 7.02. The van der Waals surface area contributed by atoms with Gasteiger partial charge in [-0.1, -0.05) is 13.8 Å². The molecular formula is C14H23N3O2. The first-order valence-corrected chi connectivity index (χ1v) is 6.32. The van der Waals surface area contributed by atoms with Crippen molar-refractivity contribution in [3.05, 3.63) is 29.8 Å². The van der Waals surface area contributed by atoms with E-state index in [-0.39, 0.29) is 11.3 Å². The Hall–Kier alpha value is -1.59. The Balaban J connectivity index is 2.50. The number of ether oxygens (including phenoxy) is 1.